The van der Waals surface area contributed by atoms with Crippen molar-refractivity contribution < 1.29 is 23.1 Å². The Balaban J connectivity index is 1.46. The van der Waals surface area contributed by atoms with Crippen molar-refractivity contribution >= 4 is 50.5 Å². The second kappa shape index (κ2) is 13.3. The van der Waals surface area contributed by atoms with E-state index < -0.39 is 21.1 Å². The van der Waals surface area contributed by atoms with E-state index in [2.05, 4.69) is 40.5 Å². The van der Waals surface area contributed by atoms with E-state index in [9.17, 15) is 18.3 Å². The van der Waals surface area contributed by atoms with Crippen LogP contribution in [-0.2, 0) is 27.5 Å². The normalized spacial score (nSPS) is 17.4. The predicted octanol–water partition coefficient (Wildman–Crippen LogP) is 6.34. The highest BCUT2D eigenvalue weighted by Gasteiger charge is 2.33. The van der Waals surface area contributed by atoms with Gasteiger partial charge in [-0.1, -0.05) is 37.6 Å². The third-order valence-corrected chi connectivity index (χ3v) is 11.0. The van der Waals surface area contributed by atoms with E-state index in [1.165, 1.54) is 22.9 Å². The fourth-order valence-electron chi connectivity index (χ4n) is 6.10. The lowest BCUT2D eigenvalue weighted by molar-refractivity contribution is -0.138. The molecular formula is C32H40ClN5O5S. The molecule has 3 N–H and O–H groups in total. The first-order valence-electron chi connectivity index (χ1n) is 15.2. The number of para-hydroxylation sites is 1. The number of hydrogen-bond acceptors (Lipinski definition) is 9. The molecule has 12 heteroatoms. The van der Waals surface area contributed by atoms with Crippen molar-refractivity contribution in [3.8, 4) is 5.75 Å². The Morgan fingerprint density at radius 3 is 2.55 bits per heavy atom. The largest absolute Gasteiger partial charge is 0.488 e. The van der Waals surface area contributed by atoms with Crippen molar-refractivity contribution in [2.75, 3.05) is 30.3 Å². The Bertz CT molecular complexity index is 1640. The van der Waals surface area contributed by atoms with Crippen molar-refractivity contribution in [2.45, 2.75) is 82.0 Å². The van der Waals surface area contributed by atoms with Crippen molar-refractivity contribution in [1.29, 1.82) is 0 Å². The zero-order valence-corrected chi connectivity index (χ0v) is 27.1. The Hall–Kier alpha value is -3.41. The average molecular weight is 642 g/mol. The quantitative estimate of drug-likeness (QED) is 0.218. The third kappa shape index (κ3) is 6.64. The van der Waals surface area contributed by atoms with Gasteiger partial charge in [0, 0.05) is 12.0 Å². The maximum Gasteiger partial charge on any atom is 0.317 e. The summed E-state index contributed by atoms with van der Waals surface area (Å²) in [5.41, 5.74) is 4.92. The summed E-state index contributed by atoms with van der Waals surface area (Å²) in [7, 11) is -3.55. The molecule has 2 aliphatic heterocycles. The number of fused-ring (bicyclic) bond motifs is 1. The maximum atomic E-state index is 13.0. The summed E-state index contributed by atoms with van der Waals surface area (Å²) in [6.07, 6.45) is 5.86. The number of halogens is 1. The van der Waals surface area contributed by atoms with Crippen LogP contribution in [0.25, 0.3) is 0 Å². The molecule has 1 saturated heterocycles. The van der Waals surface area contributed by atoms with Gasteiger partial charge in [0.1, 0.15) is 16.9 Å². The molecule has 236 valence electrons. The monoisotopic (exact) mass is 641 g/mol. The number of likely N-dealkylation sites (tertiary alicyclic amines) is 1. The lowest BCUT2D eigenvalue weighted by Gasteiger charge is -2.33. The molecule has 2 aliphatic rings. The van der Waals surface area contributed by atoms with E-state index in [4.69, 9.17) is 16.3 Å². The number of nitrogens with one attached hydrogen (secondary N) is 2. The van der Waals surface area contributed by atoms with Crippen LogP contribution < -0.4 is 15.4 Å². The molecule has 1 fully saturated rings. The number of sulfone groups is 1. The molecule has 0 amide bonds. The minimum Gasteiger partial charge on any atom is -0.488 e. The number of ether oxygens (including phenoxy) is 1. The van der Waals surface area contributed by atoms with Crippen LogP contribution in [-0.4, -0.2) is 65.3 Å². The number of anilines is 4. The zero-order valence-electron chi connectivity index (χ0n) is 25.6. The Kier molecular flexibility index (Phi) is 9.67. The summed E-state index contributed by atoms with van der Waals surface area (Å²) in [6.45, 7) is 9.14. The topological polar surface area (TPSA) is 134 Å². The Labute approximate surface area is 264 Å². The van der Waals surface area contributed by atoms with E-state index in [1.807, 2.05) is 4.90 Å². The summed E-state index contributed by atoms with van der Waals surface area (Å²) in [6, 6.07) is 8.81. The molecule has 0 radical (unpaired) electrons. The van der Waals surface area contributed by atoms with Crippen LogP contribution >= 0.6 is 11.6 Å². The van der Waals surface area contributed by atoms with Crippen LogP contribution in [0.4, 0.5) is 23.1 Å². The number of piperidine rings is 1. The van der Waals surface area contributed by atoms with Gasteiger partial charge in [0.05, 0.1) is 34.3 Å². The third-order valence-electron chi connectivity index (χ3n) is 8.47. The first-order valence-corrected chi connectivity index (χ1v) is 17.1. The molecule has 3 aromatic rings. The van der Waals surface area contributed by atoms with Gasteiger partial charge in [0.2, 0.25) is 5.95 Å². The van der Waals surface area contributed by atoms with Gasteiger partial charge >= 0.3 is 5.97 Å². The first kappa shape index (κ1) is 32.0. The number of aromatic nitrogens is 2. The van der Waals surface area contributed by atoms with E-state index in [0.29, 0.717) is 17.6 Å². The van der Waals surface area contributed by atoms with Crippen molar-refractivity contribution in [3.63, 3.8) is 0 Å². The molecule has 10 nitrogen and oxygen atoms in total. The fourth-order valence-corrected chi connectivity index (χ4v) is 7.44. The number of carboxylic acid groups (broad SMARTS) is 1. The SMILES string of the molecule is CCc1cc(Nc2ncc(Cl)c(Nc3ccccc3S(=O)(=O)C(C)C)n2)c2c(c1C1CCN(CC(=O)O)CC1)CC(CC)O2. The van der Waals surface area contributed by atoms with Crippen LogP contribution in [0.1, 0.15) is 69.6 Å². The van der Waals surface area contributed by atoms with Crippen molar-refractivity contribution in [3.05, 3.63) is 58.2 Å². The lowest BCUT2D eigenvalue weighted by Crippen LogP contribution is -2.37. The van der Waals surface area contributed by atoms with Gasteiger partial charge in [-0.25, -0.2) is 13.4 Å². The maximum absolute atomic E-state index is 13.0. The van der Waals surface area contributed by atoms with Gasteiger partial charge in [0.15, 0.2) is 15.7 Å². The van der Waals surface area contributed by atoms with Crippen LogP contribution in [0.2, 0.25) is 5.02 Å². The van der Waals surface area contributed by atoms with Crippen LogP contribution in [0, 0.1) is 0 Å². The summed E-state index contributed by atoms with van der Waals surface area (Å²) < 4.78 is 32.5. The van der Waals surface area contributed by atoms with Gasteiger partial charge < -0.3 is 20.5 Å². The number of aliphatic carboxylic acids is 1. The van der Waals surface area contributed by atoms with E-state index >= 15 is 0 Å². The van der Waals surface area contributed by atoms with Gasteiger partial charge in [-0.2, -0.15) is 4.98 Å². The number of benzene rings is 2. The van der Waals surface area contributed by atoms with E-state index in [0.717, 1.165) is 56.6 Å². The molecule has 0 saturated carbocycles. The molecular weight excluding hydrogens is 602 g/mol. The Morgan fingerprint density at radius 1 is 1.16 bits per heavy atom. The van der Waals surface area contributed by atoms with Crippen molar-refractivity contribution in [1.82, 2.24) is 14.9 Å². The average Bonchev–Trinajstić information content (AvgIpc) is 3.44. The standard InChI is InChI=1S/C32H40ClN5O5S/c1-5-20-15-26(30-23(16-22(6-2)43-30)29(20)21-11-13-38(14-12-21)18-28(39)40)36-32-34-17-24(33)31(37-32)35-25-9-7-8-10-27(25)44(41,42)19(3)4/h7-10,15,17,19,21-22H,5-6,11-14,16,18H2,1-4H3,(H,39,40)(H2,34,35,36,37). The molecule has 2 aromatic carbocycles. The smallest absolute Gasteiger partial charge is 0.317 e. The molecule has 1 aromatic heterocycles. The minimum absolute atomic E-state index is 0.0614. The highest BCUT2D eigenvalue weighted by Crippen LogP contribution is 2.46. The summed E-state index contributed by atoms with van der Waals surface area (Å²) in [5, 5.41) is 15.4. The summed E-state index contributed by atoms with van der Waals surface area (Å²) in [4.78, 5) is 22.5. The van der Waals surface area contributed by atoms with Crippen LogP contribution in [0.5, 0.6) is 5.75 Å². The van der Waals surface area contributed by atoms with Gasteiger partial charge in [-0.15, -0.1) is 0 Å². The Morgan fingerprint density at radius 2 is 1.89 bits per heavy atom. The fraction of sp³-hybridized carbons (Fsp3) is 0.469. The molecule has 0 bridgehead atoms. The lowest BCUT2D eigenvalue weighted by atomic mass is 9.81. The van der Waals surface area contributed by atoms with Gasteiger partial charge in [-0.05, 0) is 87.9 Å². The number of nitrogens with zero attached hydrogens (tertiary/aromatic N) is 3. The number of carboxylic acids is 1. The number of aryl methyl sites for hydroxylation is 1. The predicted molar refractivity (Wildman–Crippen MR) is 173 cm³/mol. The second-order valence-corrected chi connectivity index (χ2v) is 14.6. The molecule has 0 spiro atoms. The molecule has 0 aliphatic carbocycles. The summed E-state index contributed by atoms with van der Waals surface area (Å²) >= 11 is 6.48. The number of rotatable bonds is 11. The molecule has 44 heavy (non-hydrogen) atoms. The van der Waals surface area contributed by atoms with Crippen LogP contribution in [0.3, 0.4) is 0 Å². The van der Waals surface area contributed by atoms with E-state index in [-0.39, 0.29) is 28.4 Å². The van der Waals surface area contributed by atoms with E-state index in [1.54, 1.807) is 38.1 Å². The highest BCUT2D eigenvalue weighted by atomic mass is 35.5. The van der Waals surface area contributed by atoms with Gasteiger partial charge in [0.25, 0.3) is 0 Å². The highest BCUT2D eigenvalue weighted by molar-refractivity contribution is 7.92. The number of hydrogen-bond donors (Lipinski definition) is 3. The second-order valence-electron chi connectivity index (χ2n) is 11.7. The van der Waals surface area contributed by atoms with Gasteiger partial charge in [-0.3, -0.25) is 9.69 Å². The zero-order chi connectivity index (χ0) is 31.6. The van der Waals surface area contributed by atoms with Crippen molar-refractivity contribution in [2.24, 2.45) is 0 Å². The minimum atomic E-state index is -3.55. The molecule has 3 heterocycles. The molecule has 1 unspecified atom stereocenters. The summed E-state index contributed by atoms with van der Waals surface area (Å²) in [5.74, 6) is 0.921. The molecule has 1 atom stereocenters. The van der Waals surface area contributed by atoms with Crippen LogP contribution in [0.15, 0.2) is 41.4 Å². The first-order chi connectivity index (χ1) is 21.0. The molecule has 5 rings (SSSR count). The number of carbonyl (C=O) groups is 1.